The van der Waals surface area contributed by atoms with Crippen molar-refractivity contribution in [2.45, 2.75) is 26.3 Å². The van der Waals surface area contributed by atoms with Crippen molar-refractivity contribution in [3.63, 3.8) is 0 Å². The van der Waals surface area contributed by atoms with Gasteiger partial charge in [-0.1, -0.05) is 90.4 Å². The summed E-state index contributed by atoms with van der Waals surface area (Å²) in [5.41, 5.74) is 4.82. The quantitative estimate of drug-likeness (QED) is 0.328. The first-order chi connectivity index (χ1) is 10.2. The second-order valence-electron chi connectivity index (χ2n) is 5.89. The zero-order chi connectivity index (χ0) is 14.8. The van der Waals surface area contributed by atoms with Crippen LogP contribution < -0.4 is 47.6 Å². The third-order valence-corrected chi connectivity index (χ3v) is 8.43. The first-order valence-electron chi connectivity index (χ1n) is 7.56. The maximum absolute atomic E-state index is 3.57. The van der Waals surface area contributed by atoms with Crippen LogP contribution >= 0.6 is 0 Å². The Morgan fingerprint density at radius 3 is 1.44 bits per heavy atom. The average molecular weight is 444 g/mol. The van der Waals surface area contributed by atoms with E-state index in [9.17, 15) is 0 Å². The smallest absolute Gasteiger partial charge is 1.00 e. The van der Waals surface area contributed by atoms with Gasteiger partial charge in [0.05, 0.1) is 8.80 Å². The van der Waals surface area contributed by atoms with Gasteiger partial charge in [0.2, 0.25) is 0 Å². The number of rotatable bonds is 3. The van der Waals surface area contributed by atoms with E-state index >= 15 is 0 Å². The van der Waals surface area contributed by atoms with E-state index in [1.165, 1.54) is 27.1 Å². The molecule has 130 valence electrons. The summed E-state index contributed by atoms with van der Waals surface area (Å²) in [5.74, 6) is 0. The predicted molar refractivity (Wildman–Crippen MR) is 93.9 cm³/mol. The largest absolute Gasteiger partial charge is 4.00 e. The van der Waals surface area contributed by atoms with E-state index in [4.69, 9.17) is 0 Å². The van der Waals surface area contributed by atoms with Crippen LogP contribution in [0.2, 0.25) is 5.54 Å². The van der Waals surface area contributed by atoms with Crippen LogP contribution in [0.4, 0.5) is 0 Å². The fraction of sp³-hybridized carbons (Fsp3) is 0.200. The second kappa shape index (κ2) is 12.2. The molecule has 0 amide bonds. The molecule has 2 aromatic rings. The molecule has 1 unspecified atom stereocenters. The van der Waals surface area contributed by atoms with Gasteiger partial charge in [-0.05, 0) is 0 Å². The maximum atomic E-state index is 3.57. The van der Waals surface area contributed by atoms with Crippen LogP contribution in [-0.2, 0) is 21.7 Å². The fourth-order valence-corrected chi connectivity index (χ4v) is 7.19. The van der Waals surface area contributed by atoms with Crippen molar-refractivity contribution in [2.75, 3.05) is 0 Å². The number of benzene rings is 2. The second-order valence-corrected chi connectivity index (χ2v) is 8.85. The summed E-state index contributed by atoms with van der Waals surface area (Å²) >= 11 is 0. The van der Waals surface area contributed by atoms with Crippen molar-refractivity contribution in [1.29, 1.82) is 0 Å². The Labute approximate surface area is 186 Å². The molecule has 3 rings (SSSR count). The Bertz CT molecular complexity index is 660. The summed E-state index contributed by atoms with van der Waals surface area (Å²) in [6, 6.07) is 22.1. The molecule has 0 N–H and O–H groups in total. The third kappa shape index (κ3) is 5.85. The molecule has 0 saturated heterocycles. The molecule has 0 spiro atoms. The van der Waals surface area contributed by atoms with Crippen LogP contribution in [-0.4, -0.2) is 8.80 Å². The van der Waals surface area contributed by atoms with Gasteiger partial charge in [0.25, 0.3) is 0 Å². The normalized spacial score (nSPS) is 15.4. The van der Waals surface area contributed by atoms with Gasteiger partial charge in [-0.15, -0.1) is 6.92 Å². The monoisotopic (exact) mass is 442 g/mol. The van der Waals surface area contributed by atoms with Crippen LogP contribution in [0.25, 0.3) is 0 Å². The van der Waals surface area contributed by atoms with Crippen LogP contribution in [0.3, 0.4) is 0 Å². The van der Waals surface area contributed by atoms with E-state index < -0.39 is 8.80 Å². The van der Waals surface area contributed by atoms with E-state index in [0.29, 0.717) is 5.54 Å². The van der Waals surface area contributed by atoms with E-state index in [1.807, 2.05) is 0 Å². The SMILES string of the molecule is CC1=[C-]C(C)=C(C)C1[SiH](c1ccccc1)c1ccccc1.[Cl-].[Cl-].[Cl-].[Ti+4]. The van der Waals surface area contributed by atoms with Crippen molar-refractivity contribution < 1.29 is 58.9 Å². The minimum Gasteiger partial charge on any atom is -1.00 e. The minimum absolute atomic E-state index is 0. The van der Waals surface area contributed by atoms with Crippen molar-refractivity contribution in [1.82, 2.24) is 0 Å². The van der Waals surface area contributed by atoms with Gasteiger partial charge in [-0.3, -0.25) is 0 Å². The molecule has 0 aromatic heterocycles. The third-order valence-electron chi connectivity index (χ3n) is 4.56. The van der Waals surface area contributed by atoms with Gasteiger partial charge in [0.15, 0.2) is 0 Å². The summed E-state index contributed by atoms with van der Waals surface area (Å²) in [5, 5.41) is 3.04. The minimum atomic E-state index is -1.31. The van der Waals surface area contributed by atoms with Gasteiger partial charge in [-0.25, -0.2) is 17.2 Å². The number of hydrogen-bond acceptors (Lipinski definition) is 0. The molecule has 0 radical (unpaired) electrons. The van der Waals surface area contributed by atoms with Crippen molar-refractivity contribution in [3.05, 3.63) is 83.5 Å². The van der Waals surface area contributed by atoms with E-state index in [2.05, 4.69) is 87.5 Å². The average Bonchev–Trinajstić information content (AvgIpc) is 2.76. The summed E-state index contributed by atoms with van der Waals surface area (Å²) in [6.45, 7) is 6.73. The molecule has 0 fully saturated rings. The number of hydrogen-bond donors (Lipinski definition) is 0. The summed E-state index contributed by atoms with van der Waals surface area (Å²) in [4.78, 5) is 0. The summed E-state index contributed by atoms with van der Waals surface area (Å²) in [7, 11) is -1.31. The molecular formula is C20H21Cl3SiTi. The summed E-state index contributed by atoms with van der Waals surface area (Å²) < 4.78 is 0. The molecule has 0 aliphatic heterocycles. The predicted octanol–water partition coefficient (Wildman–Crippen LogP) is -5.49. The van der Waals surface area contributed by atoms with Crippen LogP contribution in [0.5, 0.6) is 0 Å². The zero-order valence-electron chi connectivity index (χ0n) is 14.6. The Hall–Kier alpha value is -0.279. The molecule has 1 atom stereocenters. The van der Waals surface area contributed by atoms with Gasteiger partial charge in [0.1, 0.15) is 0 Å². The molecule has 5 heteroatoms. The zero-order valence-corrected chi connectivity index (χ0v) is 19.5. The molecule has 1 aliphatic rings. The van der Waals surface area contributed by atoms with E-state index in [-0.39, 0.29) is 58.9 Å². The first-order valence-corrected chi connectivity index (χ1v) is 9.38. The Morgan fingerprint density at radius 1 is 0.720 bits per heavy atom. The Morgan fingerprint density at radius 2 is 1.12 bits per heavy atom. The molecule has 0 saturated carbocycles. The van der Waals surface area contributed by atoms with E-state index in [1.54, 1.807) is 0 Å². The van der Waals surface area contributed by atoms with Crippen LogP contribution in [0, 0.1) is 6.08 Å². The standard InChI is InChI=1S/C20H21Si.3ClH.Ti/c1-15-14-16(2)20(17(15)3)21(18-10-6-4-7-11-18)19-12-8-5-9-13-19;;;;/h4-13,20-21H,1-3H3;3*1H;/q-1;;;;+4/p-3. The van der Waals surface area contributed by atoms with Gasteiger partial charge in [-0.2, -0.15) is 5.57 Å². The van der Waals surface area contributed by atoms with Crippen LogP contribution in [0.15, 0.2) is 77.4 Å². The molecule has 0 heterocycles. The van der Waals surface area contributed by atoms with Crippen molar-refractivity contribution in [3.8, 4) is 0 Å². The van der Waals surface area contributed by atoms with Gasteiger partial charge >= 0.3 is 21.7 Å². The molecule has 0 nitrogen and oxygen atoms in total. The topological polar surface area (TPSA) is 0 Å². The molecule has 2 aromatic carbocycles. The Kier molecular flexibility index (Phi) is 13.1. The molecule has 1 aliphatic carbocycles. The van der Waals surface area contributed by atoms with Crippen LogP contribution in [0.1, 0.15) is 20.8 Å². The molecular weight excluding hydrogens is 423 g/mol. The molecule has 25 heavy (non-hydrogen) atoms. The first kappa shape index (κ1) is 26.9. The van der Waals surface area contributed by atoms with E-state index in [0.717, 1.165) is 0 Å². The number of halogens is 3. The Balaban J connectivity index is 0. The molecule has 0 bridgehead atoms. The maximum Gasteiger partial charge on any atom is 4.00 e. The number of allylic oxidation sites excluding steroid dienone is 4. The van der Waals surface area contributed by atoms with Gasteiger partial charge < -0.3 is 37.2 Å². The fourth-order valence-electron chi connectivity index (χ4n) is 3.43. The van der Waals surface area contributed by atoms with Gasteiger partial charge in [0, 0.05) is 0 Å². The summed E-state index contributed by atoms with van der Waals surface area (Å²) in [6.07, 6.45) is 3.57. The van der Waals surface area contributed by atoms with Crippen molar-refractivity contribution in [2.24, 2.45) is 0 Å². The van der Waals surface area contributed by atoms with Crippen molar-refractivity contribution >= 4 is 19.2 Å².